The van der Waals surface area contributed by atoms with Crippen molar-refractivity contribution in [2.75, 3.05) is 26.3 Å². The van der Waals surface area contributed by atoms with Crippen LogP contribution in [0.15, 0.2) is 0 Å². The van der Waals surface area contributed by atoms with Crippen LogP contribution in [0, 0.1) is 17.8 Å². The molecule has 7 heteroatoms. The standard InChI is InChI=1S/C15H24F3NO3/c1-10(11-4-8-22-9-5-11)14(21)19-6-2-12(3-7-19)13(20)15(16,17)18/h10-13,20H,2-9H2,1H3. The Balaban J connectivity index is 1.84. The van der Waals surface area contributed by atoms with Crippen LogP contribution in [-0.4, -0.2) is 54.5 Å². The van der Waals surface area contributed by atoms with E-state index in [0.717, 1.165) is 12.8 Å². The minimum absolute atomic E-state index is 0.0202. The first-order chi connectivity index (χ1) is 10.3. The number of halogens is 3. The van der Waals surface area contributed by atoms with E-state index in [9.17, 15) is 23.1 Å². The molecule has 4 nitrogen and oxygen atoms in total. The van der Waals surface area contributed by atoms with Crippen molar-refractivity contribution in [3.05, 3.63) is 0 Å². The Morgan fingerprint density at radius 2 is 1.68 bits per heavy atom. The van der Waals surface area contributed by atoms with Crippen molar-refractivity contribution in [3.63, 3.8) is 0 Å². The van der Waals surface area contributed by atoms with Crippen LogP contribution in [0.2, 0.25) is 0 Å². The molecule has 128 valence electrons. The maximum absolute atomic E-state index is 12.5. The fourth-order valence-electron chi connectivity index (χ4n) is 3.41. The third kappa shape index (κ3) is 4.13. The molecule has 0 aromatic rings. The molecule has 2 fully saturated rings. The number of amides is 1. The summed E-state index contributed by atoms with van der Waals surface area (Å²) in [5.41, 5.74) is 0. The molecule has 1 amide bonds. The van der Waals surface area contributed by atoms with Crippen LogP contribution < -0.4 is 0 Å². The van der Waals surface area contributed by atoms with Crippen molar-refractivity contribution >= 4 is 5.91 Å². The molecule has 2 unspecified atom stereocenters. The number of ether oxygens (including phenoxy) is 1. The number of likely N-dealkylation sites (tertiary alicyclic amines) is 1. The van der Waals surface area contributed by atoms with Gasteiger partial charge in [0.05, 0.1) is 0 Å². The van der Waals surface area contributed by atoms with Crippen LogP contribution >= 0.6 is 0 Å². The number of hydrogen-bond acceptors (Lipinski definition) is 3. The van der Waals surface area contributed by atoms with Gasteiger partial charge in [0.1, 0.15) is 0 Å². The highest BCUT2D eigenvalue weighted by Crippen LogP contribution is 2.33. The minimum Gasteiger partial charge on any atom is -0.383 e. The van der Waals surface area contributed by atoms with Gasteiger partial charge in [0, 0.05) is 32.2 Å². The van der Waals surface area contributed by atoms with Crippen molar-refractivity contribution in [2.24, 2.45) is 17.8 Å². The summed E-state index contributed by atoms with van der Waals surface area (Å²) >= 11 is 0. The Bertz CT molecular complexity index is 375. The van der Waals surface area contributed by atoms with E-state index < -0.39 is 18.2 Å². The van der Waals surface area contributed by atoms with E-state index in [2.05, 4.69) is 0 Å². The number of aliphatic hydroxyl groups is 1. The van der Waals surface area contributed by atoms with E-state index in [0.29, 0.717) is 32.2 Å². The molecule has 2 saturated heterocycles. The molecule has 1 N–H and O–H groups in total. The molecular weight excluding hydrogens is 299 g/mol. The quantitative estimate of drug-likeness (QED) is 0.866. The Hall–Kier alpha value is -0.820. The molecule has 2 heterocycles. The number of carbonyl (C=O) groups excluding carboxylic acids is 1. The molecule has 0 saturated carbocycles. The summed E-state index contributed by atoms with van der Waals surface area (Å²) in [5, 5.41) is 9.31. The van der Waals surface area contributed by atoms with E-state index in [1.807, 2.05) is 6.92 Å². The van der Waals surface area contributed by atoms with E-state index in [-0.39, 0.29) is 24.7 Å². The van der Waals surface area contributed by atoms with Gasteiger partial charge in [-0.2, -0.15) is 13.2 Å². The molecule has 2 aliphatic rings. The van der Waals surface area contributed by atoms with Gasteiger partial charge in [-0.1, -0.05) is 6.92 Å². The third-order valence-electron chi connectivity index (χ3n) is 5.00. The minimum atomic E-state index is -4.58. The fraction of sp³-hybridized carbons (Fsp3) is 0.933. The molecule has 2 atom stereocenters. The summed E-state index contributed by atoms with van der Waals surface area (Å²) in [7, 11) is 0. The van der Waals surface area contributed by atoms with Crippen molar-refractivity contribution in [1.82, 2.24) is 4.90 Å². The zero-order valence-corrected chi connectivity index (χ0v) is 12.8. The van der Waals surface area contributed by atoms with Crippen LogP contribution in [0.1, 0.15) is 32.6 Å². The van der Waals surface area contributed by atoms with Gasteiger partial charge in [-0.25, -0.2) is 0 Å². The van der Waals surface area contributed by atoms with Gasteiger partial charge in [-0.3, -0.25) is 4.79 Å². The number of nitrogens with zero attached hydrogens (tertiary/aromatic N) is 1. The van der Waals surface area contributed by atoms with Crippen LogP contribution in [0.5, 0.6) is 0 Å². The van der Waals surface area contributed by atoms with Gasteiger partial charge in [0.15, 0.2) is 6.10 Å². The lowest BCUT2D eigenvalue weighted by Crippen LogP contribution is -2.47. The number of hydrogen-bond donors (Lipinski definition) is 1. The first-order valence-electron chi connectivity index (χ1n) is 7.92. The average molecular weight is 323 g/mol. The molecule has 0 aromatic carbocycles. The summed E-state index contributed by atoms with van der Waals surface area (Å²) < 4.78 is 42.8. The second-order valence-corrected chi connectivity index (χ2v) is 6.39. The molecule has 0 aromatic heterocycles. The maximum Gasteiger partial charge on any atom is 0.414 e. The van der Waals surface area contributed by atoms with Crippen molar-refractivity contribution in [3.8, 4) is 0 Å². The molecule has 0 radical (unpaired) electrons. The lowest BCUT2D eigenvalue weighted by atomic mass is 9.85. The van der Waals surface area contributed by atoms with Crippen LogP contribution in [0.3, 0.4) is 0 Å². The van der Waals surface area contributed by atoms with Crippen LogP contribution in [0.4, 0.5) is 13.2 Å². The third-order valence-corrected chi connectivity index (χ3v) is 5.00. The summed E-state index contributed by atoms with van der Waals surface area (Å²) in [6.07, 6.45) is -4.74. The summed E-state index contributed by atoms with van der Waals surface area (Å²) in [5.74, 6) is -0.609. The van der Waals surface area contributed by atoms with Gasteiger partial charge < -0.3 is 14.7 Å². The second kappa shape index (κ2) is 7.17. The summed E-state index contributed by atoms with van der Waals surface area (Å²) in [4.78, 5) is 14.1. The second-order valence-electron chi connectivity index (χ2n) is 6.39. The number of alkyl halides is 3. The molecule has 0 spiro atoms. The van der Waals surface area contributed by atoms with Crippen molar-refractivity contribution in [2.45, 2.75) is 44.9 Å². The Kier molecular flexibility index (Phi) is 5.71. The predicted molar refractivity (Wildman–Crippen MR) is 74.1 cm³/mol. The van der Waals surface area contributed by atoms with Gasteiger partial charge in [-0.05, 0) is 37.5 Å². The summed E-state index contributed by atoms with van der Waals surface area (Å²) in [6, 6.07) is 0. The van der Waals surface area contributed by atoms with Gasteiger partial charge in [-0.15, -0.1) is 0 Å². The zero-order valence-electron chi connectivity index (χ0n) is 12.8. The van der Waals surface area contributed by atoms with Crippen LogP contribution in [-0.2, 0) is 9.53 Å². The normalized spacial score (nSPS) is 25.0. The van der Waals surface area contributed by atoms with E-state index in [1.54, 1.807) is 4.90 Å². The zero-order chi connectivity index (χ0) is 16.3. The van der Waals surface area contributed by atoms with Crippen LogP contribution in [0.25, 0.3) is 0 Å². The molecule has 22 heavy (non-hydrogen) atoms. The lowest BCUT2D eigenvalue weighted by Gasteiger charge is -2.37. The first kappa shape index (κ1) is 17.5. The van der Waals surface area contributed by atoms with Gasteiger partial charge in [0.2, 0.25) is 5.91 Å². The highest BCUT2D eigenvalue weighted by Gasteiger charge is 2.44. The van der Waals surface area contributed by atoms with Gasteiger partial charge >= 0.3 is 6.18 Å². The number of carbonyl (C=O) groups is 1. The molecular formula is C15H24F3NO3. The van der Waals surface area contributed by atoms with Gasteiger partial charge in [0.25, 0.3) is 0 Å². The van der Waals surface area contributed by atoms with Crippen molar-refractivity contribution in [1.29, 1.82) is 0 Å². The highest BCUT2D eigenvalue weighted by atomic mass is 19.4. The lowest BCUT2D eigenvalue weighted by molar-refractivity contribution is -0.223. The highest BCUT2D eigenvalue weighted by molar-refractivity contribution is 5.78. The Morgan fingerprint density at radius 1 is 1.14 bits per heavy atom. The maximum atomic E-state index is 12.5. The Morgan fingerprint density at radius 3 is 2.18 bits per heavy atom. The SMILES string of the molecule is CC(C(=O)N1CCC(C(O)C(F)(F)F)CC1)C1CCOCC1. The monoisotopic (exact) mass is 323 g/mol. The first-order valence-corrected chi connectivity index (χ1v) is 7.92. The average Bonchev–Trinajstić information content (AvgIpc) is 2.53. The predicted octanol–water partition coefficient (Wildman–Crippen LogP) is 2.21. The van der Waals surface area contributed by atoms with E-state index in [1.165, 1.54) is 0 Å². The summed E-state index contributed by atoms with van der Waals surface area (Å²) in [6.45, 7) is 3.83. The van der Waals surface area contributed by atoms with E-state index >= 15 is 0 Å². The van der Waals surface area contributed by atoms with E-state index in [4.69, 9.17) is 4.74 Å². The Labute approximate surface area is 128 Å². The molecule has 2 aliphatic heterocycles. The molecule has 0 aliphatic carbocycles. The fourth-order valence-corrected chi connectivity index (χ4v) is 3.41. The topological polar surface area (TPSA) is 49.8 Å². The smallest absolute Gasteiger partial charge is 0.383 e. The van der Waals surface area contributed by atoms with Crippen molar-refractivity contribution < 1.29 is 27.8 Å². The molecule has 2 rings (SSSR count). The largest absolute Gasteiger partial charge is 0.414 e. The number of aliphatic hydroxyl groups excluding tert-OH is 1. The number of rotatable bonds is 3. The number of piperidine rings is 1. The molecule has 0 bridgehead atoms.